The summed E-state index contributed by atoms with van der Waals surface area (Å²) in [5.74, 6) is 0.672. The molecule has 0 amide bonds. The molecule has 0 spiro atoms. The molecule has 0 bridgehead atoms. The van der Waals surface area contributed by atoms with Gasteiger partial charge in [-0.3, -0.25) is 4.57 Å². The quantitative estimate of drug-likeness (QED) is 0.304. The molecule has 0 aromatic heterocycles. The van der Waals surface area contributed by atoms with Crippen molar-refractivity contribution in [2.75, 3.05) is 31.5 Å². The highest BCUT2D eigenvalue weighted by atomic mass is 35.5. The summed E-state index contributed by atoms with van der Waals surface area (Å²) in [7, 11) is -3.25. The molecule has 7 heteroatoms. The molecule has 0 aliphatic carbocycles. The van der Waals surface area contributed by atoms with Crippen LogP contribution in [0.5, 0.6) is 0 Å². The highest BCUT2D eigenvalue weighted by Gasteiger charge is 2.25. The van der Waals surface area contributed by atoms with Gasteiger partial charge in [-0.2, -0.15) is 0 Å². The Morgan fingerprint density at radius 3 is 2.33 bits per heavy atom. The lowest BCUT2D eigenvalue weighted by Crippen LogP contribution is -2.29. The Morgan fingerprint density at radius 2 is 1.93 bits per heavy atom. The molecule has 0 rings (SSSR count). The van der Waals surface area contributed by atoms with Gasteiger partial charge >= 0.3 is 7.67 Å². The van der Waals surface area contributed by atoms with Gasteiger partial charge in [0.25, 0.3) is 0 Å². The van der Waals surface area contributed by atoms with Crippen molar-refractivity contribution >= 4 is 30.9 Å². The number of hydrogen-bond acceptors (Lipinski definition) is 2. The fraction of sp³-hybridized carbons (Fsp3) is 0.750. The van der Waals surface area contributed by atoms with Crippen molar-refractivity contribution in [2.45, 2.75) is 6.42 Å². The van der Waals surface area contributed by atoms with Gasteiger partial charge in [-0.25, -0.2) is 10.2 Å². The molecule has 0 aromatic carbocycles. The van der Waals surface area contributed by atoms with Crippen LogP contribution in [0.25, 0.3) is 0 Å². The van der Waals surface area contributed by atoms with Gasteiger partial charge in [0.1, 0.15) is 0 Å². The molecule has 0 saturated heterocycles. The van der Waals surface area contributed by atoms with Crippen molar-refractivity contribution in [3.8, 4) is 0 Å². The second-order valence-electron chi connectivity index (χ2n) is 2.81. The largest absolute Gasteiger partial charge is 0.340 e. The first-order valence-electron chi connectivity index (χ1n) is 4.60. The van der Waals surface area contributed by atoms with E-state index in [1.54, 1.807) is 6.08 Å². The summed E-state index contributed by atoms with van der Waals surface area (Å²) < 4.78 is 18.5. The topological polar surface area (TPSA) is 55.6 Å². The molecule has 90 valence electrons. The molecule has 0 saturated carbocycles. The maximum Gasteiger partial charge on any atom is 0.340 e. The summed E-state index contributed by atoms with van der Waals surface area (Å²) >= 11 is 11.1. The van der Waals surface area contributed by atoms with Crippen LogP contribution in [0.4, 0.5) is 0 Å². The van der Waals surface area contributed by atoms with E-state index in [-0.39, 0.29) is 0 Å². The van der Waals surface area contributed by atoms with Crippen molar-refractivity contribution in [1.29, 1.82) is 0 Å². The lowest BCUT2D eigenvalue weighted by Gasteiger charge is -2.26. The molecule has 0 heterocycles. The highest BCUT2D eigenvalue weighted by Crippen LogP contribution is 2.42. The Balaban J connectivity index is 4.21. The number of alkyl halides is 2. The predicted octanol–water partition coefficient (Wildman–Crippen LogP) is 2.43. The average Bonchev–Trinajstić information content (AvgIpc) is 2.18. The minimum absolute atomic E-state index is 0.290. The Labute approximate surface area is 101 Å². The average molecular weight is 275 g/mol. The van der Waals surface area contributed by atoms with E-state index in [0.29, 0.717) is 37.9 Å². The van der Waals surface area contributed by atoms with Crippen LogP contribution in [0.2, 0.25) is 0 Å². The van der Waals surface area contributed by atoms with E-state index in [4.69, 9.17) is 33.2 Å². The summed E-state index contributed by atoms with van der Waals surface area (Å²) in [5, 5.41) is 0. The van der Waals surface area contributed by atoms with Crippen LogP contribution < -0.4 is 5.50 Å². The maximum atomic E-state index is 11.9. The molecule has 0 aliphatic rings. The number of halogens is 2. The number of hydrogen-bond donors (Lipinski definition) is 1. The molecule has 15 heavy (non-hydrogen) atoms. The molecule has 0 aromatic rings. The van der Waals surface area contributed by atoms with Gasteiger partial charge in [0.05, 0.1) is 6.61 Å². The first kappa shape index (κ1) is 15.4. The van der Waals surface area contributed by atoms with Crippen LogP contribution in [0, 0.1) is 0 Å². The first-order chi connectivity index (χ1) is 7.08. The van der Waals surface area contributed by atoms with E-state index in [9.17, 15) is 4.57 Å². The second kappa shape index (κ2) is 8.57. The van der Waals surface area contributed by atoms with Crippen LogP contribution in [-0.2, 0) is 9.09 Å². The molecule has 2 N–H and O–H groups in total. The SMILES string of the molecule is C=CCCO[P@](N)(=O)N(CCCl)CCCl. The van der Waals surface area contributed by atoms with Gasteiger partial charge in [-0.05, 0) is 6.42 Å². The van der Waals surface area contributed by atoms with Crippen LogP contribution in [-0.4, -0.2) is 36.1 Å². The molecule has 0 aliphatic heterocycles. The molecular weight excluding hydrogens is 258 g/mol. The van der Waals surface area contributed by atoms with Crippen molar-refractivity contribution in [3.05, 3.63) is 12.7 Å². The van der Waals surface area contributed by atoms with Crippen molar-refractivity contribution in [2.24, 2.45) is 5.50 Å². The van der Waals surface area contributed by atoms with E-state index in [1.165, 1.54) is 4.67 Å². The van der Waals surface area contributed by atoms with Crippen LogP contribution in [0.1, 0.15) is 6.42 Å². The normalized spacial score (nSPS) is 15.2. The Hall–Kier alpha value is 0.430. The van der Waals surface area contributed by atoms with Gasteiger partial charge in [-0.1, -0.05) is 6.08 Å². The minimum atomic E-state index is -3.25. The molecule has 0 fully saturated rings. The zero-order chi connectivity index (χ0) is 11.7. The van der Waals surface area contributed by atoms with Crippen LogP contribution >= 0.6 is 30.9 Å². The summed E-state index contributed by atoms with van der Waals surface area (Å²) in [4.78, 5) is 0. The summed E-state index contributed by atoms with van der Waals surface area (Å²) in [6.45, 7) is 4.62. The van der Waals surface area contributed by atoms with Crippen molar-refractivity contribution in [3.63, 3.8) is 0 Å². The molecular formula is C8H17Cl2N2O2P. The van der Waals surface area contributed by atoms with Gasteiger partial charge in [0, 0.05) is 24.8 Å². The molecule has 0 radical (unpaired) electrons. The zero-order valence-electron chi connectivity index (χ0n) is 8.57. The van der Waals surface area contributed by atoms with Crippen LogP contribution in [0.15, 0.2) is 12.7 Å². The van der Waals surface area contributed by atoms with E-state index < -0.39 is 7.67 Å². The number of nitrogens with zero attached hydrogens (tertiary/aromatic N) is 1. The third kappa shape index (κ3) is 6.56. The van der Waals surface area contributed by atoms with Crippen LogP contribution in [0.3, 0.4) is 0 Å². The Bertz CT molecular complexity index is 223. The molecule has 0 unspecified atom stereocenters. The summed E-state index contributed by atoms with van der Waals surface area (Å²) in [5.41, 5.74) is 5.58. The van der Waals surface area contributed by atoms with Gasteiger partial charge in [-0.15, -0.1) is 29.8 Å². The third-order valence-electron chi connectivity index (χ3n) is 1.68. The maximum absolute atomic E-state index is 11.9. The monoisotopic (exact) mass is 274 g/mol. The fourth-order valence-electron chi connectivity index (χ4n) is 0.934. The first-order valence-corrected chi connectivity index (χ1v) is 7.31. The molecule has 1 atom stereocenters. The number of nitrogens with two attached hydrogens (primary N) is 1. The zero-order valence-corrected chi connectivity index (χ0v) is 11.0. The lowest BCUT2D eigenvalue weighted by molar-refractivity contribution is 0.270. The highest BCUT2D eigenvalue weighted by molar-refractivity contribution is 7.53. The van der Waals surface area contributed by atoms with E-state index in [0.717, 1.165) is 0 Å². The van der Waals surface area contributed by atoms with E-state index >= 15 is 0 Å². The lowest BCUT2D eigenvalue weighted by atomic mass is 10.5. The minimum Gasteiger partial charge on any atom is -0.306 e. The Kier molecular flexibility index (Phi) is 8.81. The van der Waals surface area contributed by atoms with Crippen molar-refractivity contribution < 1.29 is 9.09 Å². The number of rotatable bonds is 9. The van der Waals surface area contributed by atoms with Gasteiger partial charge in [0.2, 0.25) is 0 Å². The fourth-order valence-corrected chi connectivity index (χ4v) is 2.87. The van der Waals surface area contributed by atoms with E-state index in [1.807, 2.05) is 0 Å². The van der Waals surface area contributed by atoms with Gasteiger partial charge < -0.3 is 4.52 Å². The molecule has 4 nitrogen and oxygen atoms in total. The second-order valence-corrected chi connectivity index (χ2v) is 5.51. The predicted molar refractivity (Wildman–Crippen MR) is 65.6 cm³/mol. The third-order valence-corrected chi connectivity index (χ3v) is 3.76. The standard InChI is InChI=1S/C8H17Cl2N2O2P/c1-2-3-8-14-15(11,13)12(6-4-9)7-5-10/h2H,1,3-8H2,(H2,11,13)/t15-/m0/s1. The Morgan fingerprint density at radius 1 is 1.40 bits per heavy atom. The van der Waals surface area contributed by atoms with Gasteiger partial charge in [0.15, 0.2) is 0 Å². The van der Waals surface area contributed by atoms with E-state index in [2.05, 4.69) is 6.58 Å². The van der Waals surface area contributed by atoms with Crippen molar-refractivity contribution in [1.82, 2.24) is 4.67 Å². The summed E-state index contributed by atoms with van der Waals surface area (Å²) in [6.07, 6.45) is 2.28. The smallest absolute Gasteiger partial charge is 0.306 e. The summed E-state index contributed by atoms with van der Waals surface area (Å²) in [6, 6.07) is 0.